The molecule has 0 radical (unpaired) electrons. The highest BCUT2D eigenvalue weighted by molar-refractivity contribution is 5.42. The number of nitrogens with one attached hydrogen (secondary N) is 1. The fraction of sp³-hybridized carbons (Fsp3) is 0.294. The minimum atomic E-state index is -0.366. The van der Waals surface area contributed by atoms with Crippen LogP contribution in [0.3, 0.4) is 0 Å². The van der Waals surface area contributed by atoms with E-state index < -0.39 is 0 Å². The lowest BCUT2D eigenvalue weighted by Crippen LogP contribution is -2.18. The van der Waals surface area contributed by atoms with Crippen LogP contribution < -0.4 is 14.8 Å². The average molecular weight is 289 g/mol. The summed E-state index contributed by atoms with van der Waals surface area (Å²) in [6.07, 6.45) is 0. The molecule has 0 aliphatic heterocycles. The molecule has 0 saturated heterocycles. The van der Waals surface area contributed by atoms with E-state index >= 15 is 0 Å². The molecule has 112 valence electrons. The minimum absolute atomic E-state index is 0.111. The van der Waals surface area contributed by atoms with E-state index in [2.05, 4.69) is 5.32 Å². The van der Waals surface area contributed by atoms with Crippen molar-refractivity contribution in [1.82, 2.24) is 5.32 Å². The number of hydrogen-bond donors (Lipinski definition) is 1. The Balaban J connectivity index is 2.41. The van der Waals surface area contributed by atoms with E-state index in [1.54, 1.807) is 13.2 Å². The monoisotopic (exact) mass is 289 g/mol. The lowest BCUT2D eigenvalue weighted by atomic mass is 9.97. The Kier molecular flexibility index (Phi) is 4.81. The standard InChI is InChI=1S/C17H20FNO2/c1-11-5-6-13(10-16(11)21-4)17(19-2)12-7-8-15(20-3)14(18)9-12/h5-10,17,19H,1-4H3. The summed E-state index contributed by atoms with van der Waals surface area (Å²) in [7, 11) is 4.95. The van der Waals surface area contributed by atoms with Crippen molar-refractivity contribution in [2.45, 2.75) is 13.0 Å². The molecule has 0 saturated carbocycles. The van der Waals surface area contributed by atoms with Gasteiger partial charge in [-0.05, 0) is 48.9 Å². The van der Waals surface area contributed by atoms with Crippen molar-refractivity contribution in [3.63, 3.8) is 0 Å². The van der Waals surface area contributed by atoms with Crippen molar-refractivity contribution in [2.24, 2.45) is 0 Å². The van der Waals surface area contributed by atoms with Gasteiger partial charge in [-0.2, -0.15) is 0 Å². The summed E-state index contributed by atoms with van der Waals surface area (Å²) < 4.78 is 24.2. The van der Waals surface area contributed by atoms with E-state index in [0.29, 0.717) is 0 Å². The lowest BCUT2D eigenvalue weighted by molar-refractivity contribution is 0.386. The van der Waals surface area contributed by atoms with E-state index in [0.717, 1.165) is 22.4 Å². The highest BCUT2D eigenvalue weighted by atomic mass is 19.1. The van der Waals surface area contributed by atoms with Gasteiger partial charge in [-0.25, -0.2) is 4.39 Å². The largest absolute Gasteiger partial charge is 0.496 e. The maximum Gasteiger partial charge on any atom is 0.165 e. The number of aryl methyl sites for hydroxylation is 1. The van der Waals surface area contributed by atoms with Crippen molar-refractivity contribution < 1.29 is 13.9 Å². The van der Waals surface area contributed by atoms with E-state index in [-0.39, 0.29) is 17.6 Å². The molecule has 2 aromatic rings. The maximum atomic E-state index is 13.9. The molecule has 2 aromatic carbocycles. The van der Waals surface area contributed by atoms with Gasteiger partial charge in [0.05, 0.1) is 20.3 Å². The SMILES string of the molecule is CNC(c1ccc(OC)c(F)c1)c1ccc(C)c(OC)c1. The fourth-order valence-corrected chi connectivity index (χ4v) is 2.40. The van der Waals surface area contributed by atoms with E-state index in [1.807, 2.05) is 38.2 Å². The van der Waals surface area contributed by atoms with E-state index in [4.69, 9.17) is 9.47 Å². The van der Waals surface area contributed by atoms with Crippen LogP contribution in [0.25, 0.3) is 0 Å². The molecule has 2 rings (SSSR count). The summed E-state index contributed by atoms with van der Waals surface area (Å²) in [5, 5.41) is 3.21. The zero-order chi connectivity index (χ0) is 15.4. The summed E-state index contributed by atoms with van der Waals surface area (Å²) >= 11 is 0. The van der Waals surface area contributed by atoms with Crippen LogP contribution in [0.5, 0.6) is 11.5 Å². The Morgan fingerprint density at radius 2 is 1.57 bits per heavy atom. The molecule has 1 unspecified atom stereocenters. The number of rotatable bonds is 5. The first kappa shape index (κ1) is 15.3. The maximum absolute atomic E-state index is 13.9. The van der Waals surface area contributed by atoms with Crippen LogP contribution in [-0.4, -0.2) is 21.3 Å². The fourth-order valence-electron chi connectivity index (χ4n) is 2.40. The normalized spacial score (nSPS) is 12.0. The predicted molar refractivity (Wildman–Crippen MR) is 81.6 cm³/mol. The third-order valence-corrected chi connectivity index (χ3v) is 3.56. The van der Waals surface area contributed by atoms with Crippen molar-refractivity contribution >= 4 is 0 Å². The van der Waals surface area contributed by atoms with Gasteiger partial charge in [-0.15, -0.1) is 0 Å². The van der Waals surface area contributed by atoms with Crippen molar-refractivity contribution in [3.8, 4) is 11.5 Å². The van der Waals surface area contributed by atoms with Crippen LogP contribution in [0.2, 0.25) is 0 Å². The molecular formula is C17H20FNO2. The summed E-state index contributed by atoms with van der Waals surface area (Å²) in [6, 6.07) is 10.9. The number of hydrogen-bond acceptors (Lipinski definition) is 3. The predicted octanol–water partition coefficient (Wildman–Crippen LogP) is 3.46. The first-order valence-corrected chi connectivity index (χ1v) is 6.76. The van der Waals surface area contributed by atoms with Crippen molar-refractivity contribution in [2.75, 3.05) is 21.3 Å². The molecule has 1 atom stereocenters. The second-order valence-electron chi connectivity index (χ2n) is 4.84. The van der Waals surface area contributed by atoms with Crippen LogP contribution in [-0.2, 0) is 0 Å². The van der Waals surface area contributed by atoms with Gasteiger partial charge < -0.3 is 14.8 Å². The Hall–Kier alpha value is -2.07. The third-order valence-electron chi connectivity index (χ3n) is 3.56. The van der Waals surface area contributed by atoms with Crippen molar-refractivity contribution in [3.05, 3.63) is 58.9 Å². The summed E-state index contributed by atoms with van der Waals surface area (Å²) in [4.78, 5) is 0. The first-order chi connectivity index (χ1) is 10.1. The molecular weight excluding hydrogens is 269 g/mol. The lowest BCUT2D eigenvalue weighted by Gasteiger charge is -2.19. The van der Waals surface area contributed by atoms with Gasteiger partial charge in [0, 0.05) is 0 Å². The number of benzene rings is 2. The molecule has 0 aliphatic rings. The Morgan fingerprint density at radius 1 is 0.952 bits per heavy atom. The molecule has 0 aromatic heterocycles. The topological polar surface area (TPSA) is 30.5 Å². The zero-order valence-electron chi connectivity index (χ0n) is 12.7. The van der Waals surface area contributed by atoms with Gasteiger partial charge in [0.1, 0.15) is 5.75 Å². The van der Waals surface area contributed by atoms with E-state index in [1.165, 1.54) is 13.2 Å². The molecule has 0 spiro atoms. The van der Waals surface area contributed by atoms with Crippen LogP contribution in [0.1, 0.15) is 22.7 Å². The molecule has 4 heteroatoms. The van der Waals surface area contributed by atoms with E-state index in [9.17, 15) is 4.39 Å². The summed E-state index contributed by atoms with van der Waals surface area (Å²) in [6.45, 7) is 1.99. The molecule has 0 amide bonds. The number of ether oxygens (including phenoxy) is 2. The molecule has 0 aliphatic carbocycles. The zero-order valence-corrected chi connectivity index (χ0v) is 12.7. The van der Waals surface area contributed by atoms with Crippen LogP contribution in [0, 0.1) is 12.7 Å². The molecule has 0 fully saturated rings. The Bertz CT molecular complexity index is 628. The second kappa shape index (κ2) is 6.59. The first-order valence-electron chi connectivity index (χ1n) is 6.76. The quantitative estimate of drug-likeness (QED) is 0.914. The molecule has 21 heavy (non-hydrogen) atoms. The Morgan fingerprint density at radius 3 is 2.14 bits per heavy atom. The smallest absolute Gasteiger partial charge is 0.165 e. The highest BCUT2D eigenvalue weighted by Gasteiger charge is 2.15. The summed E-state index contributed by atoms with van der Waals surface area (Å²) in [5.41, 5.74) is 2.92. The Labute approximate surface area is 124 Å². The number of methoxy groups -OCH3 is 2. The number of halogens is 1. The average Bonchev–Trinajstić information content (AvgIpc) is 2.49. The van der Waals surface area contributed by atoms with Crippen LogP contribution in [0.4, 0.5) is 4.39 Å². The van der Waals surface area contributed by atoms with Gasteiger partial charge >= 0.3 is 0 Å². The molecule has 0 bridgehead atoms. The van der Waals surface area contributed by atoms with Gasteiger partial charge in [0.2, 0.25) is 0 Å². The molecule has 1 N–H and O–H groups in total. The van der Waals surface area contributed by atoms with Crippen LogP contribution >= 0.6 is 0 Å². The summed E-state index contributed by atoms with van der Waals surface area (Å²) in [5.74, 6) is 0.700. The van der Waals surface area contributed by atoms with Gasteiger partial charge in [0.15, 0.2) is 11.6 Å². The van der Waals surface area contributed by atoms with Crippen LogP contribution in [0.15, 0.2) is 36.4 Å². The highest BCUT2D eigenvalue weighted by Crippen LogP contribution is 2.29. The van der Waals surface area contributed by atoms with Crippen molar-refractivity contribution in [1.29, 1.82) is 0 Å². The third kappa shape index (κ3) is 3.16. The van der Waals surface area contributed by atoms with Gasteiger partial charge in [-0.3, -0.25) is 0 Å². The minimum Gasteiger partial charge on any atom is -0.496 e. The molecule has 0 heterocycles. The molecule has 3 nitrogen and oxygen atoms in total. The van der Waals surface area contributed by atoms with Gasteiger partial charge in [-0.1, -0.05) is 18.2 Å². The second-order valence-corrected chi connectivity index (χ2v) is 4.84. The van der Waals surface area contributed by atoms with Gasteiger partial charge in [0.25, 0.3) is 0 Å².